The highest BCUT2D eigenvalue weighted by Crippen LogP contribution is 2.46. The lowest BCUT2D eigenvalue weighted by molar-refractivity contribution is -0.190. The van der Waals surface area contributed by atoms with Gasteiger partial charge < -0.3 is 20.8 Å². The number of amidine groups is 1. The number of ether oxygens (including phenoxy) is 1. The van der Waals surface area contributed by atoms with Crippen molar-refractivity contribution in [3.05, 3.63) is 23.5 Å². The van der Waals surface area contributed by atoms with Crippen molar-refractivity contribution in [2.24, 2.45) is 5.73 Å². The van der Waals surface area contributed by atoms with Gasteiger partial charge >= 0.3 is 6.18 Å². The van der Waals surface area contributed by atoms with E-state index in [1.807, 2.05) is 6.07 Å². The number of hydrogen-bond donors (Lipinski definition) is 4. The van der Waals surface area contributed by atoms with Crippen molar-refractivity contribution < 1.29 is 17.9 Å². The van der Waals surface area contributed by atoms with Gasteiger partial charge in [0.1, 0.15) is 11.9 Å². The van der Waals surface area contributed by atoms with E-state index in [1.54, 1.807) is 11.0 Å². The summed E-state index contributed by atoms with van der Waals surface area (Å²) in [4.78, 5) is 4.80. The number of aromatic amines is 1. The maximum atomic E-state index is 13.7. The van der Waals surface area contributed by atoms with Gasteiger partial charge in [-0.1, -0.05) is 0 Å². The van der Waals surface area contributed by atoms with Gasteiger partial charge in [-0.05, 0) is 63.7 Å². The SMILES string of the molecule is N=C(N)c1ccc([C@H]2CC[C@@H](CN3C(C(F)(F)F)CCC34CCNCC4)O2)[nH]1. The van der Waals surface area contributed by atoms with Crippen LogP contribution in [0.3, 0.4) is 0 Å². The van der Waals surface area contributed by atoms with Crippen molar-refractivity contribution in [2.45, 2.75) is 68.5 Å². The third-order valence-corrected chi connectivity index (χ3v) is 6.63. The molecule has 1 aromatic rings. The second-order valence-electron chi connectivity index (χ2n) is 8.29. The van der Waals surface area contributed by atoms with Crippen molar-refractivity contribution >= 4 is 5.84 Å². The molecule has 28 heavy (non-hydrogen) atoms. The summed E-state index contributed by atoms with van der Waals surface area (Å²) in [7, 11) is 0. The number of rotatable bonds is 4. The molecule has 0 aliphatic carbocycles. The van der Waals surface area contributed by atoms with Crippen LogP contribution in [0, 0.1) is 5.41 Å². The Morgan fingerprint density at radius 2 is 1.96 bits per heavy atom. The van der Waals surface area contributed by atoms with E-state index in [9.17, 15) is 13.2 Å². The fourth-order valence-corrected chi connectivity index (χ4v) is 5.17. The Labute approximate surface area is 162 Å². The van der Waals surface area contributed by atoms with Gasteiger partial charge in [-0.25, -0.2) is 0 Å². The molecule has 6 nitrogen and oxygen atoms in total. The van der Waals surface area contributed by atoms with E-state index < -0.39 is 12.2 Å². The lowest BCUT2D eigenvalue weighted by Gasteiger charge is -2.45. The van der Waals surface area contributed by atoms with Crippen molar-refractivity contribution in [3.8, 4) is 0 Å². The van der Waals surface area contributed by atoms with Crippen molar-refractivity contribution in [1.82, 2.24) is 15.2 Å². The Kier molecular flexibility index (Phi) is 5.18. The summed E-state index contributed by atoms with van der Waals surface area (Å²) < 4.78 is 47.3. The van der Waals surface area contributed by atoms with Crippen LogP contribution in [0.25, 0.3) is 0 Å². The van der Waals surface area contributed by atoms with Gasteiger partial charge in [-0.15, -0.1) is 0 Å². The molecular weight excluding hydrogens is 371 g/mol. The molecule has 3 atom stereocenters. The maximum absolute atomic E-state index is 13.7. The number of piperidine rings is 1. The number of H-pyrrole nitrogens is 1. The number of hydrogen-bond acceptors (Lipinski definition) is 4. The number of likely N-dealkylation sites (tertiary alicyclic amines) is 1. The Morgan fingerprint density at radius 1 is 1.21 bits per heavy atom. The molecule has 3 fully saturated rings. The van der Waals surface area contributed by atoms with Gasteiger partial charge in [0.15, 0.2) is 0 Å². The average molecular weight is 399 g/mol. The number of alkyl halides is 3. The first-order valence-corrected chi connectivity index (χ1v) is 10.0. The van der Waals surface area contributed by atoms with Crippen molar-refractivity contribution in [1.29, 1.82) is 5.41 Å². The molecule has 4 heterocycles. The van der Waals surface area contributed by atoms with Crippen molar-refractivity contribution in [2.75, 3.05) is 19.6 Å². The third kappa shape index (κ3) is 3.67. The smallest absolute Gasteiger partial charge is 0.382 e. The average Bonchev–Trinajstić information content (AvgIpc) is 3.35. The fraction of sp³-hybridized carbons (Fsp3) is 0.737. The number of nitrogens with one attached hydrogen (secondary N) is 3. The number of nitrogens with two attached hydrogens (primary N) is 1. The number of nitrogens with zero attached hydrogens (tertiary/aromatic N) is 1. The quantitative estimate of drug-likeness (QED) is 0.463. The van der Waals surface area contributed by atoms with Crippen LogP contribution in [0.5, 0.6) is 0 Å². The monoisotopic (exact) mass is 399 g/mol. The molecule has 5 N–H and O–H groups in total. The number of halogens is 3. The van der Waals surface area contributed by atoms with Crippen LogP contribution in [-0.4, -0.2) is 59.2 Å². The minimum atomic E-state index is -4.21. The molecular formula is C19H28F3N5O. The highest BCUT2D eigenvalue weighted by molar-refractivity contribution is 5.93. The van der Waals surface area contributed by atoms with Crippen LogP contribution >= 0.6 is 0 Å². The molecule has 156 valence electrons. The zero-order valence-corrected chi connectivity index (χ0v) is 15.8. The highest BCUT2D eigenvalue weighted by atomic mass is 19.4. The molecule has 1 spiro atoms. The van der Waals surface area contributed by atoms with E-state index in [2.05, 4.69) is 10.3 Å². The van der Waals surface area contributed by atoms with Gasteiger partial charge in [0.05, 0.1) is 17.9 Å². The second kappa shape index (κ2) is 7.35. The fourth-order valence-electron chi connectivity index (χ4n) is 5.17. The lowest BCUT2D eigenvalue weighted by Crippen LogP contribution is -2.57. The third-order valence-electron chi connectivity index (χ3n) is 6.63. The molecule has 4 rings (SSSR count). The van der Waals surface area contributed by atoms with Crippen LogP contribution in [-0.2, 0) is 4.74 Å². The Hall–Kier alpha value is -1.58. The molecule has 1 aromatic heterocycles. The van der Waals surface area contributed by atoms with Crippen LogP contribution in [0.1, 0.15) is 56.0 Å². The van der Waals surface area contributed by atoms with Gasteiger partial charge in [-0.3, -0.25) is 10.3 Å². The Morgan fingerprint density at radius 3 is 2.61 bits per heavy atom. The second-order valence-corrected chi connectivity index (χ2v) is 8.29. The van der Waals surface area contributed by atoms with E-state index in [-0.39, 0.29) is 30.0 Å². The topological polar surface area (TPSA) is 90.2 Å². The summed E-state index contributed by atoms with van der Waals surface area (Å²) in [6.07, 6.45) is -0.829. The Bertz CT molecular complexity index is 713. The summed E-state index contributed by atoms with van der Waals surface area (Å²) in [5.74, 6) is -0.0428. The molecule has 0 saturated carbocycles. The van der Waals surface area contributed by atoms with Gasteiger partial charge in [0.25, 0.3) is 0 Å². The minimum absolute atomic E-state index is 0.0428. The summed E-state index contributed by atoms with van der Waals surface area (Å²) >= 11 is 0. The van der Waals surface area contributed by atoms with E-state index in [4.69, 9.17) is 15.9 Å². The van der Waals surface area contributed by atoms with Crippen molar-refractivity contribution in [3.63, 3.8) is 0 Å². The molecule has 3 aliphatic heterocycles. The summed E-state index contributed by atoms with van der Waals surface area (Å²) in [5, 5.41) is 10.8. The van der Waals surface area contributed by atoms with E-state index in [0.29, 0.717) is 18.7 Å². The van der Waals surface area contributed by atoms with Gasteiger partial charge in [0, 0.05) is 17.8 Å². The Balaban J connectivity index is 1.47. The molecule has 3 saturated heterocycles. The molecule has 0 aromatic carbocycles. The van der Waals surface area contributed by atoms with Crippen LogP contribution in [0.4, 0.5) is 13.2 Å². The van der Waals surface area contributed by atoms with Crippen LogP contribution in [0.2, 0.25) is 0 Å². The first-order valence-electron chi connectivity index (χ1n) is 10.0. The van der Waals surface area contributed by atoms with Crippen LogP contribution in [0.15, 0.2) is 12.1 Å². The first-order chi connectivity index (χ1) is 13.3. The standard InChI is InChI=1S/C19H28F3N5O/c20-19(21,22)16-5-6-18(7-9-25-10-8-18)27(16)11-12-1-4-15(28-12)13-2-3-14(26-13)17(23)24/h2-3,12,15-16,25-26H,1,4-11H2,(H3,23,24)/t12-,15+,16?/m0/s1. The molecule has 9 heteroatoms. The molecule has 0 amide bonds. The van der Waals surface area contributed by atoms with E-state index in [1.165, 1.54) is 0 Å². The summed E-state index contributed by atoms with van der Waals surface area (Å²) in [5.41, 5.74) is 6.50. The molecule has 0 radical (unpaired) electrons. The minimum Gasteiger partial charge on any atom is -0.382 e. The van der Waals surface area contributed by atoms with E-state index in [0.717, 1.165) is 44.5 Å². The maximum Gasteiger partial charge on any atom is 0.404 e. The van der Waals surface area contributed by atoms with Gasteiger partial charge in [-0.2, -0.15) is 13.2 Å². The summed E-state index contributed by atoms with van der Waals surface area (Å²) in [6, 6.07) is 2.20. The molecule has 0 bridgehead atoms. The van der Waals surface area contributed by atoms with Gasteiger partial charge in [0.2, 0.25) is 0 Å². The van der Waals surface area contributed by atoms with Crippen LogP contribution < -0.4 is 11.1 Å². The predicted octanol–water partition coefficient (Wildman–Crippen LogP) is 2.67. The zero-order chi connectivity index (χ0) is 19.9. The normalized spacial score (nSPS) is 30.9. The lowest BCUT2D eigenvalue weighted by atomic mass is 9.85. The zero-order valence-electron chi connectivity index (χ0n) is 15.8. The largest absolute Gasteiger partial charge is 0.404 e. The predicted molar refractivity (Wildman–Crippen MR) is 99.3 cm³/mol. The summed E-state index contributed by atoms with van der Waals surface area (Å²) in [6.45, 7) is 1.86. The van der Waals surface area contributed by atoms with E-state index >= 15 is 0 Å². The molecule has 1 unspecified atom stereocenters. The highest BCUT2D eigenvalue weighted by Gasteiger charge is 2.56. The number of aromatic nitrogens is 1. The number of nitrogen functional groups attached to an aromatic ring is 1. The first kappa shape index (κ1) is 19.7. The molecule has 3 aliphatic rings.